The molecule has 0 rings (SSSR count). The second kappa shape index (κ2) is 75.5. The van der Waals surface area contributed by atoms with E-state index in [1.807, 2.05) is 6.08 Å². The number of aliphatic hydroxyl groups is 2. The first-order valence-electron chi connectivity index (χ1n) is 39.3. The fourth-order valence-electron chi connectivity index (χ4n) is 12.4. The predicted octanol–water partition coefficient (Wildman–Crippen LogP) is 25.8. The number of ether oxygens (including phenoxy) is 1. The van der Waals surface area contributed by atoms with E-state index in [-0.39, 0.29) is 18.5 Å². The second-order valence-electron chi connectivity index (χ2n) is 27.0. The first-order valence-corrected chi connectivity index (χ1v) is 39.3. The van der Waals surface area contributed by atoms with E-state index in [0.717, 1.165) is 51.4 Å². The minimum Gasteiger partial charge on any atom is -0.466 e. The van der Waals surface area contributed by atoms with Crippen LogP contribution in [0.2, 0.25) is 0 Å². The highest BCUT2D eigenvalue weighted by Gasteiger charge is 2.18. The molecule has 0 radical (unpaired) electrons. The molecule has 0 spiro atoms. The van der Waals surface area contributed by atoms with Crippen molar-refractivity contribution in [3.63, 3.8) is 0 Å². The summed E-state index contributed by atoms with van der Waals surface area (Å²) in [5.74, 6) is -0.0447. The number of nitrogens with one attached hydrogen (secondary N) is 1. The minimum atomic E-state index is -0.844. The average molecular weight is 1210 g/mol. The van der Waals surface area contributed by atoms with Crippen molar-refractivity contribution in [3.05, 3.63) is 36.5 Å². The van der Waals surface area contributed by atoms with Gasteiger partial charge in [0.1, 0.15) is 0 Å². The fourth-order valence-corrected chi connectivity index (χ4v) is 12.4. The van der Waals surface area contributed by atoms with Crippen LogP contribution in [0.3, 0.4) is 0 Å². The van der Waals surface area contributed by atoms with Gasteiger partial charge in [-0.25, -0.2) is 0 Å². The maximum absolute atomic E-state index is 12.5. The van der Waals surface area contributed by atoms with Gasteiger partial charge in [-0.2, -0.15) is 0 Å². The van der Waals surface area contributed by atoms with Gasteiger partial charge >= 0.3 is 5.97 Å². The molecule has 0 aromatic carbocycles. The molecular weight excluding hydrogens is 1050 g/mol. The first kappa shape index (κ1) is 84.1. The Morgan fingerprint density at radius 3 is 0.907 bits per heavy atom. The number of rotatable bonds is 74. The summed E-state index contributed by atoms with van der Waals surface area (Å²) in [5, 5.41) is 23.3. The zero-order chi connectivity index (χ0) is 62.0. The second-order valence-corrected chi connectivity index (χ2v) is 27.0. The number of amides is 1. The lowest BCUT2D eigenvalue weighted by atomic mass is 10.0. The van der Waals surface area contributed by atoms with Crippen LogP contribution in [-0.2, 0) is 14.3 Å². The lowest BCUT2D eigenvalue weighted by Crippen LogP contribution is -2.45. The molecule has 86 heavy (non-hydrogen) atoms. The van der Waals surface area contributed by atoms with Crippen LogP contribution in [0.5, 0.6) is 0 Å². The Hall–Kier alpha value is -1.92. The van der Waals surface area contributed by atoms with Crippen molar-refractivity contribution in [2.24, 2.45) is 0 Å². The average Bonchev–Trinajstić information content (AvgIpc) is 3.53. The summed E-state index contributed by atoms with van der Waals surface area (Å²) in [6.07, 6.45) is 98.3. The number of allylic oxidation sites excluding steroid dienone is 5. The minimum absolute atomic E-state index is 0.0155. The van der Waals surface area contributed by atoms with Crippen molar-refractivity contribution in [3.8, 4) is 0 Å². The summed E-state index contributed by atoms with van der Waals surface area (Å²) in [5.41, 5.74) is 0. The van der Waals surface area contributed by atoms with E-state index in [4.69, 9.17) is 4.74 Å². The highest BCUT2D eigenvalue weighted by atomic mass is 16.5. The highest BCUT2D eigenvalue weighted by molar-refractivity contribution is 5.76. The fraction of sp³-hybridized carbons (Fsp3) is 0.900. The molecule has 0 bridgehead atoms. The molecular formula is C80H153NO5. The Morgan fingerprint density at radius 2 is 0.581 bits per heavy atom. The normalized spacial score (nSPS) is 12.7. The molecule has 0 heterocycles. The number of hydrogen-bond acceptors (Lipinski definition) is 5. The van der Waals surface area contributed by atoms with Crippen molar-refractivity contribution >= 4 is 11.9 Å². The Bertz CT molecular complexity index is 1390. The molecule has 6 nitrogen and oxygen atoms in total. The quantitative estimate of drug-likeness (QED) is 0.0320. The summed E-state index contributed by atoms with van der Waals surface area (Å²) >= 11 is 0. The van der Waals surface area contributed by atoms with Gasteiger partial charge in [0.15, 0.2) is 0 Å². The van der Waals surface area contributed by atoms with Gasteiger partial charge in [0, 0.05) is 12.8 Å². The van der Waals surface area contributed by atoms with Crippen molar-refractivity contribution in [1.29, 1.82) is 0 Å². The molecule has 6 heteroatoms. The van der Waals surface area contributed by atoms with Gasteiger partial charge < -0.3 is 20.3 Å². The molecule has 0 aliphatic rings. The summed E-state index contributed by atoms with van der Waals surface area (Å²) in [6, 6.07) is -0.627. The molecule has 508 valence electrons. The SMILES string of the molecule is CCCCC/C=C\C/C=C\CCCCCCCCCCCC(=O)OCCCCCCCCCCCCCCCCCCCCCCCCCCCCCCC(=O)NC(CO)C(O)/C=C/CCCCCCCCCCCCCCCCCCCCCC. The smallest absolute Gasteiger partial charge is 0.305 e. The van der Waals surface area contributed by atoms with Crippen LogP contribution in [0.15, 0.2) is 36.5 Å². The van der Waals surface area contributed by atoms with Crippen molar-refractivity contribution in [1.82, 2.24) is 5.32 Å². The summed E-state index contributed by atoms with van der Waals surface area (Å²) < 4.78 is 5.51. The maximum atomic E-state index is 12.5. The molecule has 0 fully saturated rings. The Kier molecular flexibility index (Phi) is 73.9. The van der Waals surface area contributed by atoms with Gasteiger partial charge in [-0.15, -0.1) is 0 Å². The predicted molar refractivity (Wildman–Crippen MR) is 379 cm³/mol. The monoisotopic (exact) mass is 1210 g/mol. The molecule has 0 saturated heterocycles. The molecule has 0 aromatic heterocycles. The van der Waals surface area contributed by atoms with E-state index >= 15 is 0 Å². The molecule has 2 unspecified atom stereocenters. The van der Waals surface area contributed by atoms with Crippen LogP contribution in [0.4, 0.5) is 0 Å². The lowest BCUT2D eigenvalue weighted by Gasteiger charge is -2.20. The molecule has 0 aliphatic carbocycles. The number of hydrogen-bond donors (Lipinski definition) is 3. The third-order valence-electron chi connectivity index (χ3n) is 18.4. The Morgan fingerprint density at radius 1 is 0.326 bits per heavy atom. The van der Waals surface area contributed by atoms with Crippen LogP contribution in [0.25, 0.3) is 0 Å². The van der Waals surface area contributed by atoms with Gasteiger partial charge in [-0.1, -0.05) is 397 Å². The third-order valence-corrected chi connectivity index (χ3v) is 18.4. The van der Waals surface area contributed by atoms with Crippen molar-refractivity contribution in [2.45, 2.75) is 450 Å². The Labute approximate surface area is 538 Å². The van der Waals surface area contributed by atoms with Crippen LogP contribution in [0, 0.1) is 0 Å². The summed E-state index contributed by atoms with van der Waals surface area (Å²) in [4.78, 5) is 24.7. The van der Waals surface area contributed by atoms with Gasteiger partial charge in [-0.3, -0.25) is 9.59 Å². The molecule has 0 aromatic rings. The van der Waals surface area contributed by atoms with E-state index in [1.54, 1.807) is 6.08 Å². The van der Waals surface area contributed by atoms with Crippen molar-refractivity contribution in [2.75, 3.05) is 13.2 Å². The van der Waals surface area contributed by atoms with E-state index < -0.39 is 12.1 Å². The molecule has 2 atom stereocenters. The molecule has 3 N–H and O–H groups in total. The van der Waals surface area contributed by atoms with Gasteiger partial charge in [0.2, 0.25) is 5.91 Å². The van der Waals surface area contributed by atoms with Crippen LogP contribution in [-0.4, -0.2) is 47.4 Å². The summed E-state index contributed by atoms with van der Waals surface area (Å²) in [7, 11) is 0. The lowest BCUT2D eigenvalue weighted by molar-refractivity contribution is -0.143. The number of carbonyl (C=O) groups is 2. The highest BCUT2D eigenvalue weighted by Crippen LogP contribution is 2.20. The zero-order valence-corrected chi connectivity index (χ0v) is 58.3. The van der Waals surface area contributed by atoms with Gasteiger partial charge in [0.05, 0.1) is 25.4 Å². The van der Waals surface area contributed by atoms with Gasteiger partial charge in [0.25, 0.3) is 0 Å². The molecule has 0 aliphatic heterocycles. The van der Waals surface area contributed by atoms with Gasteiger partial charge in [-0.05, 0) is 64.2 Å². The third kappa shape index (κ3) is 71.2. The summed E-state index contributed by atoms with van der Waals surface area (Å²) in [6.45, 7) is 4.93. The van der Waals surface area contributed by atoms with E-state index in [0.29, 0.717) is 19.4 Å². The maximum Gasteiger partial charge on any atom is 0.305 e. The zero-order valence-electron chi connectivity index (χ0n) is 58.3. The number of aliphatic hydroxyl groups excluding tert-OH is 2. The Balaban J connectivity index is 3.36. The number of unbranched alkanes of at least 4 members (excludes halogenated alkanes) is 59. The number of esters is 1. The topological polar surface area (TPSA) is 95.9 Å². The van der Waals surface area contributed by atoms with Crippen LogP contribution in [0.1, 0.15) is 438 Å². The van der Waals surface area contributed by atoms with E-state index in [9.17, 15) is 19.8 Å². The number of carbonyl (C=O) groups excluding carboxylic acids is 2. The van der Waals surface area contributed by atoms with Crippen LogP contribution < -0.4 is 5.32 Å². The molecule has 0 saturated carbocycles. The van der Waals surface area contributed by atoms with Crippen LogP contribution >= 0.6 is 0 Å². The largest absolute Gasteiger partial charge is 0.466 e. The molecule has 1 amide bonds. The first-order chi connectivity index (χ1) is 42.5. The van der Waals surface area contributed by atoms with Crippen molar-refractivity contribution < 1.29 is 24.5 Å². The standard InChI is InChI=1S/C80H153NO5/c1-3-5-7-9-11-13-15-17-19-21-23-24-33-37-40-44-48-52-56-60-64-68-72-78(83)77(76-82)81-79(84)73-69-65-61-57-53-49-45-41-38-34-31-29-27-25-26-28-30-32-35-39-43-47-51-55-59-63-67-71-75-86-80(85)74-70-66-62-58-54-50-46-42-36-22-20-18-16-14-12-10-8-6-4-2/h12,14,18,20,68,72,77-78,82-83H,3-11,13,15-17,19,21-67,69-71,73-76H2,1-2H3,(H,81,84)/b14-12-,20-18-,72-68+. The van der Waals surface area contributed by atoms with E-state index in [1.165, 1.54) is 360 Å². The van der Waals surface area contributed by atoms with E-state index in [2.05, 4.69) is 43.5 Å².